The summed E-state index contributed by atoms with van der Waals surface area (Å²) in [6, 6.07) is 4.33. The van der Waals surface area contributed by atoms with E-state index in [9.17, 15) is 14.4 Å². The zero-order chi connectivity index (χ0) is 19.4. The normalized spacial score (nSPS) is 19.4. The van der Waals surface area contributed by atoms with Gasteiger partial charge in [-0.25, -0.2) is 4.79 Å². The number of hydrogen-bond donors (Lipinski definition) is 2. The number of nitrogens with zero attached hydrogens (tertiary/aromatic N) is 1. The van der Waals surface area contributed by atoms with Crippen molar-refractivity contribution in [3.63, 3.8) is 0 Å². The maximum atomic E-state index is 12.9. The number of imide groups is 1. The molecular weight excluding hydrogens is 370 g/mol. The summed E-state index contributed by atoms with van der Waals surface area (Å²) in [4.78, 5) is 38.8. The molecule has 3 rings (SSSR count). The number of benzene rings is 1. The summed E-state index contributed by atoms with van der Waals surface area (Å²) >= 11 is 5.96. The van der Waals surface area contributed by atoms with Gasteiger partial charge in [-0.15, -0.1) is 0 Å². The Morgan fingerprint density at radius 1 is 1.22 bits per heavy atom. The molecule has 1 aromatic rings. The molecule has 4 amide bonds. The van der Waals surface area contributed by atoms with Crippen molar-refractivity contribution in [2.24, 2.45) is 0 Å². The third-order valence-electron chi connectivity index (χ3n) is 5.19. The molecule has 1 spiro atoms. The largest absolute Gasteiger partial charge is 0.495 e. The van der Waals surface area contributed by atoms with E-state index in [0.29, 0.717) is 29.3 Å². The van der Waals surface area contributed by atoms with Crippen LogP contribution < -0.4 is 15.4 Å². The third-order valence-corrected chi connectivity index (χ3v) is 5.43. The first-order chi connectivity index (χ1) is 12.9. The van der Waals surface area contributed by atoms with E-state index in [0.717, 1.165) is 37.0 Å². The fraction of sp³-hybridized carbons (Fsp3) is 0.526. The van der Waals surface area contributed by atoms with E-state index in [-0.39, 0.29) is 12.5 Å². The Labute approximate surface area is 163 Å². The molecule has 0 bridgehead atoms. The highest BCUT2D eigenvalue weighted by Crippen LogP contribution is 2.32. The number of amides is 4. The predicted octanol–water partition coefficient (Wildman–Crippen LogP) is 3.32. The van der Waals surface area contributed by atoms with Gasteiger partial charge in [0.25, 0.3) is 5.91 Å². The van der Waals surface area contributed by atoms with Crippen LogP contribution in [0.4, 0.5) is 10.5 Å². The van der Waals surface area contributed by atoms with Crippen molar-refractivity contribution in [3.05, 3.63) is 23.2 Å². The van der Waals surface area contributed by atoms with E-state index in [1.54, 1.807) is 18.2 Å². The van der Waals surface area contributed by atoms with E-state index in [1.165, 1.54) is 7.11 Å². The van der Waals surface area contributed by atoms with E-state index in [1.807, 2.05) is 0 Å². The van der Waals surface area contributed by atoms with Gasteiger partial charge in [0.05, 0.1) is 12.8 Å². The number of hydrogen-bond acceptors (Lipinski definition) is 4. The summed E-state index contributed by atoms with van der Waals surface area (Å²) in [5.74, 6) is -0.342. The Morgan fingerprint density at radius 3 is 2.56 bits per heavy atom. The minimum atomic E-state index is -0.856. The molecule has 1 aliphatic heterocycles. The minimum absolute atomic E-state index is 0.303. The number of ether oxygens (including phenoxy) is 1. The van der Waals surface area contributed by atoms with Gasteiger partial charge in [-0.3, -0.25) is 14.5 Å². The first-order valence-corrected chi connectivity index (χ1v) is 9.60. The Bertz CT molecular complexity index is 744. The summed E-state index contributed by atoms with van der Waals surface area (Å²) in [5.41, 5.74) is -0.464. The van der Waals surface area contributed by atoms with E-state index in [2.05, 4.69) is 10.6 Å². The molecule has 2 N–H and O–H groups in total. The minimum Gasteiger partial charge on any atom is -0.495 e. The van der Waals surface area contributed by atoms with Gasteiger partial charge in [0.1, 0.15) is 17.8 Å². The lowest BCUT2D eigenvalue weighted by molar-refractivity contribution is -0.134. The zero-order valence-electron chi connectivity index (χ0n) is 15.3. The molecule has 0 atom stereocenters. The molecule has 0 unspecified atom stereocenters. The van der Waals surface area contributed by atoms with Crippen LogP contribution in [0.15, 0.2) is 18.2 Å². The Kier molecular flexibility index (Phi) is 5.89. The molecule has 146 valence electrons. The van der Waals surface area contributed by atoms with Crippen molar-refractivity contribution >= 4 is 35.1 Å². The second-order valence-corrected chi connectivity index (χ2v) is 7.50. The predicted molar refractivity (Wildman–Crippen MR) is 102 cm³/mol. The molecule has 7 nitrogen and oxygen atoms in total. The number of rotatable bonds is 4. The van der Waals surface area contributed by atoms with E-state index in [4.69, 9.17) is 16.3 Å². The zero-order valence-corrected chi connectivity index (χ0v) is 16.1. The molecule has 1 aliphatic carbocycles. The van der Waals surface area contributed by atoms with Crippen LogP contribution in [-0.4, -0.2) is 41.9 Å². The maximum absolute atomic E-state index is 12.9. The number of nitrogens with one attached hydrogen (secondary N) is 2. The standard InChI is InChI=1S/C19H24ClN3O4/c1-27-15-8-7-13(20)11-14(15)21-16(24)12-23-17(25)19(22-18(23)26)9-5-3-2-4-6-10-19/h7-8,11H,2-6,9-10,12H2,1H3,(H,21,24)(H,22,26). The van der Waals surface area contributed by atoms with Gasteiger partial charge in [0.2, 0.25) is 5.91 Å². The van der Waals surface area contributed by atoms with Crippen molar-refractivity contribution in [2.45, 2.75) is 50.5 Å². The second-order valence-electron chi connectivity index (χ2n) is 7.06. The van der Waals surface area contributed by atoms with Crippen LogP contribution in [0.1, 0.15) is 44.9 Å². The van der Waals surface area contributed by atoms with Crippen molar-refractivity contribution in [3.8, 4) is 5.75 Å². The highest BCUT2D eigenvalue weighted by molar-refractivity contribution is 6.31. The summed E-state index contributed by atoms with van der Waals surface area (Å²) < 4.78 is 5.20. The molecule has 0 radical (unpaired) electrons. The molecule has 0 aromatic heterocycles. The average molecular weight is 394 g/mol. The average Bonchev–Trinajstić information content (AvgIpc) is 2.83. The summed E-state index contributed by atoms with van der Waals surface area (Å²) in [7, 11) is 1.48. The molecule has 1 heterocycles. The summed E-state index contributed by atoms with van der Waals surface area (Å²) in [5, 5.41) is 5.95. The smallest absolute Gasteiger partial charge is 0.325 e. The number of carbonyl (C=O) groups is 3. The van der Waals surface area contributed by atoms with Gasteiger partial charge in [-0.1, -0.05) is 43.7 Å². The van der Waals surface area contributed by atoms with Crippen LogP contribution in [0.3, 0.4) is 0 Å². The van der Waals surface area contributed by atoms with Crippen LogP contribution in [0, 0.1) is 0 Å². The van der Waals surface area contributed by atoms with Crippen LogP contribution in [0.5, 0.6) is 5.75 Å². The number of halogens is 1. The van der Waals surface area contributed by atoms with Crippen molar-refractivity contribution in [1.82, 2.24) is 10.2 Å². The van der Waals surface area contributed by atoms with Gasteiger partial charge in [-0.05, 0) is 31.0 Å². The Hall–Kier alpha value is -2.28. The molecule has 2 fully saturated rings. The highest BCUT2D eigenvalue weighted by Gasteiger charge is 2.50. The molecular formula is C19H24ClN3O4. The summed E-state index contributed by atoms with van der Waals surface area (Å²) in [6.45, 7) is -0.345. The SMILES string of the molecule is COc1ccc(Cl)cc1NC(=O)CN1C(=O)NC2(CCCCCCC2)C1=O. The van der Waals surface area contributed by atoms with Crippen molar-refractivity contribution < 1.29 is 19.1 Å². The van der Waals surface area contributed by atoms with Crippen LogP contribution >= 0.6 is 11.6 Å². The molecule has 1 saturated heterocycles. The second kappa shape index (κ2) is 8.17. The molecule has 8 heteroatoms. The first-order valence-electron chi connectivity index (χ1n) is 9.23. The lowest BCUT2D eigenvalue weighted by Gasteiger charge is -2.28. The van der Waals surface area contributed by atoms with E-state index < -0.39 is 17.5 Å². The van der Waals surface area contributed by atoms with Crippen LogP contribution in [-0.2, 0) is 9.59 Å². The first kappa shape index (κ1) is 19.5. The quantitative estimate of drug-likeness (QED) is 0.768. The Morgan fingerprint density at radius 2 is 1.89 bits per heavy atom. The maximum Gasteiger partial charge on any atom is 0.325 e. The molecule has 2 aliphatic rings. The van der Waals surface area contributed by atoms with Crippen molar-refractivity contribution in [2.75, 3.05) is 19.0 Å². The topological polar surface area (TPSA) is 87.7 Å². The lowest BCUT2D eigenvalue weighted by Crippen LogP contribution is -2.47. The third kappa shape index (κ3) is 4.18. The fourth-order valence-electron chi connectivity index (χ4n) is 3.78. The number of anilines is 1. The van der Waals surface area contributed by atoms with E-state index >= 15 is 0 Å². The van der Waals surface area contributed by atoms with Crippen LogP contribution in [0.2, 0.25) is 5.02 Å². The summed E-state index contributed by atoms with van der Waals surface area (Å²) in [6.07, 6.45) is 6.30. The van der Waals surface area contributed by atoms with Gasteiger partial charge >= 0.3 is 6.03 Å². The van der Waals surface area contributed by atoms with Crippen molar-refractivity contribution in [1.29, 1.82) is 0 Å². The number of carbonyl (C=O) groups excluding carboxylic acids is 3. The monoisotopic (exact) mass is 393 g/mol. The molecule has 1 aromatic carbocycles. The van der Waals surface area contributed by atoms with Gasteiger partial charge in [0, 0.05) is 5.02 Å². The molecule has 1 saturated carbocycles. The van der Waals surface area contributed by atoms with Gasteiger partial charge < -0.3 is 15.4 Å². The fourth-order valence-corrected chi connectivity index (χ4v) is 3.95. The molecule has 27 heavy (non-hydrogen) atoms. The van der Waals surface area contributed by atoms with Crippen LogP contribution in [0.25, 0.3) is 0 Å². The highest BCUT2D eigenvalue weighted by atomic mass is 35.5. The van der Waals surface area contributed by atoms with Gasteiger partial charge in [-0.2, -0.15) is 0 Å². The Balaban J connectivity index is 1.70. The van der Waals surface area contributed by atoms with Gasteiger partial charge in [0.15, 0.2) is 0 Å². The lowest BCUT2D eigenvalue weighted by atomic mass is 9.84. The number of methoxy groups -OCH3 is 1. The number of urea groups is 1.